The molecule has 2 nitrogen and oxygen atoms in total. The molecule has 0 saturated heterocycles. The van der Waals surface area contributed by atoms with E-state index in [0.29, 0.717) is 11.8 Å². The predicted molar refractivity (Wildman–Crippen MR) is 310 cm³/mol. The molecule has 0 radical (unpaired) electrons. The fraction of sp³-hybridized carbons (Fsp3) is 0.229. The molecule has 1 unspecified atom stereocenters. The number of benzene rings is 9. The van der Waals surface area contributed by atoms with Crippen LogP contribution in [0.2, 0.25) is 0 Å². The second kappa shape index (κ2) is 18.0. The lowest BCUT2D eigenvalue weighted by Crippen LogP contribution is -2.23. The van der Waals surface area contributed by atoms with Gasteiger partial charge in [0.25, 0.3) is 0 Å². The van der Waals surface area contributed by atoms with Crippen LogP contribution in [-0.4, -0.2) is 4.57 Å². The van der Waals surface area contributed by atoms with Crippen LogP contribution in [0.3, 0.4) is 0 Å². The van der Waals surface area contributed by atoms with Gasteiger partial charge in [-0.1, -0.05) is 203 Å². The molecule has 0 amide bonds. The molecule has 2 heteroatoms. The number of rotatable bonds is 10. The number of hydrogen-bond acceptors (Lipinski definition) is 1. The minimum atomic E-state index is -0.110. The highest BCUT2D eigenvalue weighted by atomic mass is 15.1. The molecule has 11 rings (SSSR count). The van der Waals surface area contributed by atoms with Crippen LogP contribution in [0.1, 0.15) is 110 Å². The van der Waals surface area contributed by atoms with Gasteiger partial charge in [0, 0.05) is 38.9 Å². The van der Waals surface area contributed by atoms with E-state index < -0.39 is 0 Å². The number of aromatic nitrogens is 1. The summed E-state index contributed by atoms with van der Waals surface area (Å²) in [5.41, 5.74) is 22.7. The van der Waals surface area contributed by atoms with Gasteiger partial charge in [0.05, 0.1) is 11.0 Å². The SMILES string of the molecule is CC(C)c1ccc(-n2c3ccc(-c4ccc(C(CC(C)(C)C)C(C)(C)C)cc4)cc3c3cc(-c4ccc(N(c5ccc(-c6ccccc6)cc5)c5ccc6c(c5)C(C)(C)c5ccccc5-6)cc4)ccc32)cc1. The number of nitrogens with zero attached hydrogens (tertiary/aromatic N) is 2. The van der Waals surface area contributed by atoms with E-state index in [2.05, 4.69) is 285 Å². The number of hydrogen-bond donors (Lipinski definition) is 0. The highest BCUT2D eigenvalue weighted by Gasteiger charge is 2.36. The van der Waals surface area contributed by atoms with Crippen molar-refractivity contribution in [1.82, 2.24) is 4.57 Å². The predicted octanol–water partition coefficient (Wildman–Crippen LogP) is 20.3. The van der Waals surface area contributed by atoms with Crippen molar-refractivity contribution in [2.75, 3.05) is 4.90 Å². The Labute approximate surface area is 428 Å². The van der Waals surface area contributed by atoms with Crippen molar-refractivity contribution in [1.29, 1.82) is 0 Å². The molecule has 10 aromatic rings. The van der Waals surface area contributed by atoms with Crippen LogP contribution >= 0.6 is 0 Å². The van der Waals surface area contributed by atoms with Crippen LogP contribution < -0.4 is 4.90 Å². The lowest BCUT2D eigenvalue weighted by Gasteiger charge is -2.36. The largest absolute Gasteiger partial charge is 0.310 e. The third-order valence-corrected chi connectivity index (χ3v) is 15.6. The monoisotopic (exact) mass is 937 g/mol. The summed E-state index contributed by atoms with van der Waals surface area (Å²) in [5.74, 6) is 0.943. The Hall–Kier alpha value is -7.42. The first-order valence-corrected chi connectivity index (χ1v) is 26.1. The molecule has 358 valence electrons. The fourth-order valence-corrected chi connectivity index (χ4v) is 11.6. The molecule has 1 heterocycles. The standard InChI is InChI=1S/C70H68N2/c1-46(2)47-24-32-57(33-25-47)72-66-40-30-53(50-20-22-52(23-21-50)65(69(6,7)8)45-68(3,4)5)42-61(66)62-43-54(31-41-67(62)72)51-28-36-56(37-29-51)71(55-34-26-49(27-35-55)48-16-12-11-13-17-48)58-38-39-60-59-18-14-15-19-63(59)70(9,10)64(60)44-58/h11-44,46,65H,45H2,1-10H3. The van der Waals surface area contributed by atoms with E-state index in [1.165, 1.54) is 94.3 Å². The Morgan fingerprint density at radius 1 is 0.431 bits per heavy atom. The number of fused-ring (bicyclic) bond motifs is 6. The highest BCUT2D eigenvalue weighted by Crippen LogP contribution is 2.51. The summed E-state index contributed by atoms with van der Waals surface area (Å²) >= 11 is 0. The molecule has 1 aliphatic rings. The highest BCUT2D eigenvalue weighted by molar-refractivity contribution is 6.11. The molecule has 0 N–H and O–H groups in total. The maximum Gasteiger partial charge on any atom is 0.0541 e. The van der Waals surface area contributed by atoms with Crippen molar-refractivity contribution in [3.8, 4) is 50.2 Å². The summed E-state index contributed by atoms with van der Waals surface area (Å²) in [7, 11) is 0. The summed E-state index contributed by atoms with van der Waals surface area (Å²) in [6.45, 7) is 23.5. The third-order valence-electron chi connectivity index (χ3n) is 15.6. The van der Waals surface area contributed by atoms with E-state index in [1.807, 2.05) is 0 Å². The van der Waals surface area contributed by atoms with Crippen LogP contribution in [0.4, 0.5) is 17.1 Å². The van der Waals surface area contributed by atoms with Crippen molar-refractivity contribution >= 4 is 38.9 Å². The van der Waals surface area contributed by atoms with Gasteiger partial charge in [-0.3, -0.25) is 0 Å². The van der Waals surface area contributed by atoms with Crippen molar-refractivity contribution < 1.29 is 0 Å². The van der Waals surface area contributed by atoms with Crippen LogP contribution in [0, 0.1) is 10.8 Å². The van der Waals surface area contributed by atoms with Crippen molar-refractivity contribution in [2.45, 2.75) is 92.9 Å². The normalized spacial score (nSPS) is 13.7. The quantitative estimate of drug-likeness (QED) is 0.133. The van der Waals surface area contributed by atoms with Gasteiger partial charge < -0.3 is 9.47 Å². The maximum absolute atomic E-state index is 2.45. The molecule has 1 atom stereocenters. The number of anilines is 3. The fourth-order valence-electron chi connectivity index (χ4n) is 11.6. The van der Waals surface area contributed by atoms with Gasteiger partial charge in [-0.25, -0.2) is 0 Å². The van der Waals surface area contributed by atoms with Gasteiger partial charge in [0.1, 0.15) is 0 Å². The minimum absolute atomic E-state index is 0.110. The van der Waals surface area contributed by atoms with Crippen molar-refractivity contribution in [3.05, 3.63) is 229 Å². The average molecular weight is 937 g/mol. The topological polar surface area (TPSA) is 8.17 Å². The molecule has 0 aliphatic heterocycles. The summed E-state index contributed by atoms with van der Waals surface area (Å²) < 4.78 is 2.45. The maximum atomic E-state index is 2.45. The summed E-state index contributed by atoms with van der Waals surface area (Å²) in [6, 6.07) is 77.6. The Kier molecular flexibility index (Phi) is 11.7. The molecule has 72 heavy (non-hydrogen) atoms. The lowest BCUT2D eigenvalue weighted by atomic mass is 9.69. The van der Waals surface area contributed by atoms with E-state index in [0.717, 1.165) is 23.5 Å². The van der Waals surface area contributed by atoms with Gasteiger partial charge >= 0.3 is 0 Å². The van der Waals surface area contributed by atoms with Gasteiger partial charge in [0.15, 0.2) is 0 Å². The minimum Gasteiger partial charge on any atom is -0.310 e. The van der Waals surface area contributed by atoms with E-state index in [4.69, 9.17) is 0 Å². The molecule has 9 aromatic carbocycles. The zero-order valence-corrected chi connectivity index (χ0v) is 43.9. The molecule has 1 aromatic heterocycles. The van der Waals surface area contributed by atoms with Gasteiger partial charge in [-0.15, -0.1) is 0 Å². The summed E-state index contributed by atoms with van der Waals surface area (Å²) in [4.78, 5) is 2.42. The van der Waals surface area contributed by atoms with E-state index >= 15 is 0 Å². The zero-order chi connectivity index (χ0) is 50.1. The molecule has 0 bridgehead atoms. The van der Waals surface area contributed by atoms with E-state index in [1.54, 1.807) is 0 Å². The second-order valence-corrected chi connectivity index (χ2v) is 23.5. The van der Waals surface area contributed by atoms with Crippen molar-refractivity contribution in [3.63, 3.8) is 0 Å². The Morgan fingerprint density at radius 2 is 0.889 bits per heavy atom. The van der Waals surface area contributed by atoms with Crippen LogP contribution in [0.25, 0.3) is 72.0 Å². The molecule has 0 spiro atoms. The molecular weight excluding hydrogens is 869 g/mol. The Balaban J connectivity index is 0.996. The molecular formula is C70H68N2. The van der Waals surface area contributed by atoms with Crippen LogP contribution in [0.5, 0.6) is 0 Å². The summed E-state index contributed by atoms with van der Waals surface area (Å²) in [6.07, 6.45) is 1.15. The third kappa shape index (κ3) is 8.66. The molecule has 0 fully saturated rings. The first kappa shape index (κ1) is 46.9. The van der Waals surface area contributed by atoms with E-state index in [9.17, 15) is 0 Å². The Bertz CT molecular complexity index is 3570. The van der Waals surface area contributed by atoms with Gasteiger partial charge in [-0.05, 0) is 169 Å². The Morgan fingerprint density at radius 3 is 1.43 bits per heavy atom. The van der Waals surface area contributed by atoms with Crippen LogP contribution in [-0.2, 0) is 5.41 Å². The first-order chi connectivity index (χ1) is 34.5. The first-order valence-electron chi connectivity index (χ1n) is 26.1. The van der Waals surface area contributed by atoms with Crippen molar-refractivity contribution in [2.24, 2.45) is 10.8 Å². The zero-order valence-electron chi connectivity index (χ0n) is 43.9. The smallest absolute Gasteiger partial charge is 0.0541 e. The van der Waals surface area contributed by atoms with Gasteiger partial charge in [-0.2, -0.15) is 0 Å². The lowest BCUT2D eigenvalue weighted by molar-refractivity contribution is 0.229. The molecule has 1 aliphatic carbocycles. The second-order valence-electron chi connectivity index (χ2n) is 23.5. The average Bonchev–Trinajstić information content (AvgIpc) is 3.82. The summed E-state index contributed by atoms with van der Waals surface area (Å²) in [5, 5.41) is 2.50. The van der Waals surface area contributed by atoms with Crippen LogP contribution in [0.15, 0.2) is 206 Å². The van der Waals surface area contributed by atoms with Gasteiger partial charge in [0.2, 0.25) is 0 Å². The van der Waals surface area contributed by atoms with E-state index in [-0.39, 0.29) is 16.2 Å². The molecule has 0 saturated carbocycles.